The molecule has 1 aliphatic carbocycles. The summed E-state index contributed by atoms with van der Waals surface area (Å²) in [5.41, 5.74) is 4.56. The van der Waals surface area contributed by atoms with Crippen LogP contribution in [-0.4, -0.2) is 9.78 Å². The molecule has 3 rings (SSSR count). The molecule has 3 heteroatoms. The summed E-state index contributed by atoms with van der Waals surface area (Å²) in [7, 11) is 0. The van der Waals surface area contributed by atoms with Crippen molar-refractivity contribution in [3.05, 3.63) is 47.3 Å². The Kier molecular flexibility index (Phi) is 2.27. The zero-order valence-corrected chi connectivity index (χ0v) is 10.6. The standard InChI is InChI=1S/C15H15N3/c1-15(2)8-7-12-10-17-18(14(12)15)13-5-3-11(9-16)4-6-13/h3-6,10H,7-8H2,1-2H3. The van der Waals surface area contributed by atoms with Crippen molar-refractivity contribution in [3.63, 3.8) is 0 Å². The van der Waals surface area contributed by atoms with Gasteiger partial charge in [-0.15, -0.1) is 0 Å². The molecule has 0 radical (unpaired) electrons. The topological polar surface area (TPSA) is 41.6 Å². The summed E-state index contributed by atoms with van der Waals surface area (Å²) in [6.07, 6.45) is 4.26. The highest BCUT2D eigenvalue weighted by Gasteiger charge is 2.34. The highest BCUT2D eigenvalue weighted by molar-refractivity contribution is 5.43. The van der Waals surface area contributed by atoms with E-state index < -0.39 is 0 Å². The predicted octanol–water partition coefficient (Wildman–Crippen LogP) is 2.97. The first-order valence-corrected chi connectivity index (χ1v) is 6.20. The minimum atomic E-state index is 0.180. The van der Waals surface area contributed by atoms with Crippen LogP contribution in [0.3, 0.4) is 0 Å². The molecule has 1 aromatic heterocycles. The molecule has 1 aliphatic rings. The summed E-state index contributed by atoms with van der Waals surface area (Å²) in [5, 5.41) is 13.3. The summed E-state index contributed by atoms with van der Waals surface area (Å²) in [4.78, 5) is 0. The van der Waals surface area contributed by atoms with Crippen LogP contribution in [0.2, 0.25) is 0 Å². The van der Waals surface area contributed by atoms with Crippen molar-refractivity contribution in [2.24, 2.45) is 0 Å². The molecule has 2 aromatic rings. The fourth-order valence-corrected chi connectivity index (χ4v) is 2.73. The van der Waals surface area contributed by atoms with E-state index in [1.165, 1.54) is 17.7 Å². The van der Waals surface area contributed by atoms with Crippen LogP contribution in [0.1, 0.15) is 37.1 Å². The SMILES string of the molecule is CC1(C)CCc2cnn(-c3ccc(C#N)cc3)c21. The van der Waals surface area contributed by atoms with E-state index in [2.05, 4.69) is 25.0 Å². The third-order valence-electron chi connectivity index (χ3n) is 3.75. The molecule has 0 saturated carbocycles. The van der Waals surface area contributed by atoms with E-state index in [1.54, 1.807) is 0 Å². The van der Waals surface area contributed by atoms with Crippen LogP contribution in [0.25, 0.3) is 5.69 Å². The van der Waals surface area contributed by atoms with Crippen molar-refractivity contribution < 1.29 is 0 Å². The van der Waals surface area contributed by atoms with Crippen LogP contribution in [0.5, 0.6) is 0 Å². The number of nitriles is 1. The van der Waals surface area contributed by atoms with E-state index in [9.17, 15) is 0 Å². The molecule has 1 heterocycles. The fraction of sp³-hybridized carbons (Fsp3) is 0.333. The second-order valence-electron chi connectivity index (χ2n) is 5.47. The van der Waals surface area contributed by atoms with E-state index >= 15 is 0 Å². The zero-order chi connectivity index (χ0) is 12.8. The zero-order valence-electron chi connectivity index (χ0n) is 10.6. The number of hydrogen-bond donors (Lipinski definition) is 0. The molecule has 0 saturated heterocycles. The molecule has 0 spiro atoms. The van der Waals surface area contributed by atoms with Crippen LogP contribution in [0, 0.1) is 11.3 Å². The van der Waals surface area contributed by atoms with Gasteiger partial charge in [0.2, 0.25) is 0 Å². The van der Waals surface area contributed by atoms with Gasteiger partial charge in [-0.2, -0.15) is 10.4 Å². The van der Waals surface area contributed by atoms with E-state index in [0.29, 0.717) is 5.56 Å². The molecular formula is C15H15N3. The average molecular weight is 237 g/mol. The predicted molar refractivity (Wildman–Crippen MR) is 69.6 cm³/mol. The molecule has 0 bridgehead atoms. The summed E-state index contributed by atoms with van der Waals surface area (Å²) >= 11 is 0. The van der Waals surface area contributed by atoms with Crippen molar-refractivity contribution in [2.45, 2.75) is 32.1 Å². The lowest BCUT2D eigenvalue weighted by Crippen LogP contribution is -2.18. The van der Waals surface area contributed by atoms with Gasteiger partial charge in [0.1, 0.15) is 0 Å². The van der Waals surface area contributed by atoms with Gasteiger partial charge in [0.25, 0.3) is 0 Å². The normalized spacial score (nSPS) is 16.3. The molecule has 18 heavy (non-hydrogen) atoms. The highest BCUT2D eigenvalue weighted by Crippen LogP contribution is 2.39. The van der Waals surface area contributed by atoms with Crippen molar-refractivity contribution in [1.29, 1.82) is 5.26 Å². The Morgan fingerprint density at radius 1 is 1.28 bits per heavy atom. The largest absolute Gasteiger partial charge is 0.237 e. The van der Waals surface area contributed by atoms with Crippen molar-refractivity contribution in [2.75, 3.05) is 0 Å². The quantitative estimate of drug-likeness (QED) is 0.765. The summed E-state index contributed by atoms with van der Waals surface area (Å²) in [5.74, 6) is 0. The van der Waals surface area contributed by atoms with E-state index in [0.717, 1.165) is 12.1 Å². The summed E-state index contributed by atoms with van der Waals surface area (Å²) < 4.78 is 2.02. The molecule has 0 unspecified atom stereocenters. The minimum Gasteiger partial charge on any atom is -0.237 e. The van der Waals surface area contributed by atoms with Crippen LogP contribution >= 0.6 is 0 Å². The maximum absolute atomic E-state index is 8.82. The first-order chi connectivity index (χ1) is 8.62. The third kappa shape index (κ3) is 1.53. The Labute approximate surface area is 107 Å². The maximum Gasteiger partial charge on any atom is 0.0991 e. The number of aryl methyl sites for hydroxylation is 1. The van der Waals surface area contributed by atoms with Crippen LogP contribution in [0.4, 0.5) is 0 Å². The second kappa shape index (κ2) is 3.71. The van der Waals surface area contributed by atoms with Crippen LogP contribution in [0.15, 0.2) is 30.5 Å². The lowest BCUT2D eigenvalue weighted by molar-refractivity contribution is 0.489. The number of benzene rings is 1. The van der Waals surface area contributed by atoms with Gasteiger partial charge in [-0.05, 0) is 42.7 Å². The number of aromatic nitrogens is 2. The number of hydrogen-bond acceptors (Lipinski definition) is 2. The molecule has 1 aromatic carbocycles. The van der Waals surface area contributed by atoms with Gasteiger partial charge < -0.3 is 0 Å². The van der Waals surface area contributed by atoms with Crippen molar-refractivity contribution >= 4 is 0 Å². The monoisotopic (exact) mass is 237 g/mol. The molecule has 0 aliphatic heterocycles. The average Bonchev–Trinajstić information content (AvgIpc) is 2.92. The summed E-state index contributed by atoms with van der Waals surface area (Å²) in [6.45, 7) is 4.53. The molecule has 0 atom stereocenters. The molecular weight excluding hydrogens is 222 g/mol. The lowest BCUT2D eigenvalue weighted by atomic mass is 9.90. The molecule has 0 fully saturated rings. The van der Waals surface area contributed by atoms with Gasteiger partial charge in [-0.25, -0.2) is 4.68 Å². The Hall–Kier alpha value is -2.08. The Bertz CT molecular complexity index is 627. The Morgan fingerprint density at radius 3 is 2.67 bits per heavy atom. The number of nitrogens with zero attached hydrogens (tertiary/aromatic N) is 3. The first-order valence-electron chi connectivity index (χ1n) is 6.20. The van der Waals surface area contributed by atoms with Gasteiger partial charge in [0.05, 0.1) is 29.2 Å². The van der Waals surface area contributed by atoms with Gasteiger partial charge in [-0.1, -0.05) is 13.8 Å². The van der Waals surface area contributed by atoms with Gasteiger partial charge in [0.15, 0.2) is 0 Å². The minimum absolute atomic E-state index is 0.180. The first kappa shape index (κ1) is 11.0. The van der Waals surface area contributed by atoms with Gasteiger partial charge in [0, 0.05) is 5.41 Å². The Morgan fingerprint density at radius 2 is 2.00 bits per heavy atom. The third-order valence-corrected chi connectivity index (χ3v) is 3.75. The second-order valence-corrected chi connectivity index (χ2v) is 5.47. The number of fused-ring (bicyclic) bond motifs is 1. The van der Waals surface area contributed by atoms with Crippen molar-refractivity contribution in [3.8, 4) is 11.8 Å². The smallest absolute Gasteiger partial charge is 0.0991 e. The lowest BCUT2D eigenvalue weighted by Gasteiger charge is -2.20. The van der Waals surface area contributed by atoms with Crippen molar-refractivity contribution in [1.82, 2.24) is 9.78 Å². The van der Waals surface area contributed by atoms with Gasteiger partial charge in [-0.3, -0.25) is 0 Å². The van der Waals surface area contributed by atoms with E-state index in [1.807, 2.05) is 35.1 Å². The van der Waals surface area contributed by atoms with Gasteiger partial charge >= 0.3 is 0 Å². The number of rotatable bonds is 1. The highest BCUT2D eigenvalue weighted by atomic mass is 15.3. The van der Waals surface area contributed by atoms with E-state index in [-0.39, 0.29) is 5.41 Å². The Balaban J connectivity index is 2.11. The summed E-state index contributed by atoms with van der Waals surface area (Å²) in [6, 6.07) is 9.73. The fourth-order valence-electron chi connectivity index (χ4n) is 2.73. The molecule has 3 nitrogen and oxygen atoms in total. The maximum atomic E-state index is 8.82. The van der Waals surface area contributed by atoms with Crippen LogP contribution in [-0.2, 0) is 11.8 Å². The van der Waals surface area contributed by atoms with E-state index in [4.69, 9.17) is 5.26 Å². The molecule has 90 valence electrons. The van der Waals surface area contributed by atoms with Crippen LogP contribution < -0.4 is 0 Å². The molecule has 0 N–H and O–H groups in total. The molecule has 0 amide bonds.